The van der Waals surface area contributed by atoms with Crippen LogP contribution >= 0.6 is 0 Å². The van der Waals surface area contributed by atoms with Gasteiger partial charge in [-0.1, -0.05) is 0 Å². The molecule has 1 aliphatic rings. The Bertz CT molecular complexity index is 996. The van der Waals surface area contributed by atoms with Crippen molar-refractivity contribution in [3.8, 4) is 0 Å². The summed E-state index contributed by atoms with van der Waals surface area (Å²) >= 11 is 0. The van der Waals surface area contributed by atoms with Crippen molar-refractivity contribution in [3.63, 3.8) is 0 Å². The Morgan fingerprint density at radius 1 is 1.04 bits per heavy atom. The number of rotatable bonds is 2. The highest BCUT2D eigenvalue weighted by molar-refractivity contribution is 6.06. The molecule has 0 spiro atoms. The second-order valence-corrected chi connectivity index (χ2v) is 6.57. The van der Waals surface area contributed by atoms with Crippen LogP contribution in [0.3, 0.4) is 0 Å². The Hall–Kier alpha value is -2.95. The van der Waals surface area contributed by atoms with Crippen molar-refractivity contribution in [2.45, 2.75) is 20.3 Å². The van der Waals surface area contributed by atoms with Crippen molar-refractivity contribution in [1.29, 1.82) is 0 Å². The first-order valence-electron chi connectivity index (χ1n) is 8.42. The molecule has 0 aliphatic carbocycles. The van der Waals surface area contributed by atoms with Crippen LogP contribution < -0.4 is 10.2 Å². The molecule has 1 amide bonds. The molecule has 126 valence electrons. The number of fused-ring (bicyclic) bond motifs is 2. The van der Waals surface area contributed by atoms with Gasteiger partial charge in [0.2, 0.25) is 0 Å². The zero-order valence-electron chi connectivity index (χ0n) is 14.6. The molecule has 1 N–H and O–H groups in total. The summed E-state index contributed by atoms with van der Waals surface area (Å²) in [6.07, 6.45) is 1.01. The number of aryl methyl sites for hydroxylation is 2. The van der Waals surface area contributed by atoms with E-state index in [-0.39, 0.29) is 5.91 Å². The Morgan fingerprint density at radius 3 is 2.60 bits per heavy atom. The van der Waals surface area contributed by atoms with E-state index >= 15 is 0 Å². The molecular formula is C20H20N4O. The molecule has 3 aromatic rings. The summed E-state index contributed by atoms with van der Waals surface area (Å²) in [6.45, 7) is 4.89. The van der Waals surface area contributed by atoms with Gasteiger partial charge >= 0.3 is 0 Å². The summed E-state index contributed by atoms with van der Waals surface area (Å²) in [5, 5.41) is 2.99. The van der Waals surface area contributed by atoms with Gasteiger partial charge in [-0.3, -0.25) is 4.79 Å². The van der Waals surface area contributed by atoms with Gasteiger partial charge in [0.1, 0.15) is 0 Å². The summed E-state index contributed by atoms with van der Waals surface area (Å²) < 4.78 is 0. The third-order valence-electron chi connectivity index (χ3n) is 4.80. The molecular weight excluding hydrogens is 312 g/mol. The lowest BCUT2D eigenvalue weighted by atomic mass is 10.1. The number of carbonyl (C=O) groups excluding carboxylic acids is 1. The number of amides is 1. The minimum atomic E-state index is -0.131. The van der Waals surface area contributed by atoms with Crippen molar-refractivity contribution in [2.24, 2.45) is 0 Å². The first-order valence-corrected chi connectivity index (χ1v) is 8.42. The quantitative estimate of drug-likeness (QED) is 0.780. The second-order valence-electron chi connectivity index (χ2n) is 6.57. The Balaban J connectivity index is 1.61. The number of aromatic nitrogens is 2. The predicted octanol–water partition coefficient (Wildman–Crippen LogP) is 3.49. The molecule has 5 heteroatoms. The van der Waals surface area contributed by atoms with Crippen molar-refractivity contribution >= 4 is 28.3 Å². The van der Waals surface area contributed by atoms with Crippen LogP contribution in [-0.4, -0.2) is 29.5 Å². The fourth-order valence-electron chi connectivity index (χ4n) is 3.22. The van der Waals surface area contributed by atoms with Gasteiger partial charge in [0.25, 0.3) is 5.91 Å². The van der Waals surface area contributed by atoms with Gasteiger partial charge < -0.3 is 10.2 Å². The third kappa shape index (κ3) is 2.82. The van der Waals surface area contributed by atoms with Crippen LogP contribution in [0.2, 0.25) is 0 Å². The maximum Gasteiger partial charge on any atom is 0.255 e. The topological polar surface area (TPSA) is 58.1 Å². The Morgan fingerprint density at radius 2 is 1.80 bits per heavy atom. The van der Waals surface area contributed by atoms with E-state index in [9.17, 15) is 4.79 Å². The lowest BCUT2D eigenvalue weighted by Gasteiger charge is -2.12. The van der Waals surface area contributed by atoms with E-state index in [1.165, 1.54) is 11.3 Å². The van der Waals surface area contributed by atoms with Crippen molar-refractivity contribution in [2.75, 3.05) is 23.8 Å². The fourth-order valence-corrected chi connectivity index (χ4v) is 3.22. The molecule has 1 aliphatic heterocycles. The zero-order chi connectivity index (χ0) is 17.6. The largest absolute Gasteiger partial charge is 0.374 e. The van der Waals surface area contributed by atoms with Crippen LogP contribution in [0.5, 0.6) is 0 Å². The highest BCUT2D eigenvalue weighted by Gasteiger charge is 2.16. The fraction of sp³-hybridized carbons (Fsp3) is 0.250. The smallest absolute Gasteiger partial charge is 0.255 e. The van der Waals surface area contributed by atoms with Gasteiger partial charge in [-0.15, -0.1) is 0 Å². The molecule has 1 aromatic heterocycles. The van der Waals surface area contributed by atoms with Gasteiger partial charge in [-0.2, -0.15) is 0 Å². The molecule has 0 saturated carbocycles. The molecule has 0 bridgehead atoms. The molecule has 4 rings (SSSR count). The summed E-state index contributed by atoms with van der Waals surface area (Å²) in [5.74, 6) is -0.131. The molecule has 2 aromatic carbocycles. The van der Waals surface area contributed by atoms with Gasteiger partial charge in [-0.05, 0) is 62.2 Å². The molecule has 2 heterocycles. The van der Waals surface area contributed by atoms with Gasteiger partial charge in [-0.25, -0.2) is 9.97 Å². The van der Waals surface area contributed by atoms with E-state index in [1.807, 2.05) is 26.0 Å². The van der Waals surface area contributed by atoms with Crippen molar-refractivity contribution in [1.82, 2.24) is 9.97 Å². The number of hydrogen-bond acceptors (Lipinski definition) is 4. The number of carbonyl (C=O) groups is 1. The Labute approximate surface area is 146 Å². The van der Waals surface area contributed by atoms with Crippen LogP contribution in [-0.2, 0) is 6.42 Å². The minimum Gasteiger partial charge on any atom is -0.374 e. The monoisotopic (exact) mass is 332 g/mol. The standard InChI is InChI=1S/C20H20N4O/c1-12-13(2)22-18-11-15(4-6-17(18)21-12)20(25)23-16-5-7-19-14(10-16)8-9-24(19)3/h4-7,10-11H,8-9H2,1-3H3,(H,23,25). The second kappa shape index (κ2) is 5.84. The van der Waals surface area contributed by atoms with Gasteiger partial charge in [0.05, 0.1) is 22.4 Å². The lowest BCUT2D eigenvalue weighted by Crippen LogP contribution is -2.13. The number of hydrogen-bond donors (Lipinski definition) is 1. The molecule has 0 atom stereocenters. The number of nitrogens with zero attached hydrogens (tertiary/aromatic N) is 3. The summed E-state index contributed by atoms with van der Waals surface area (Å²) in [4.78, 5) is 23.9. The highest BCUT2D eigenvalue weighted by atomic mass is 16.1. The van der Waals surface area contributed by atoms with Crippen LogP contribution in [0.1, 0.15) is 27.3 Å². The average molecular weight is 332 g/mol. The van der Waals surface area contributed by atoms with Crippen LogP contribution in [0.4, 0.5) is 11.4 Å². The third-order valence-corrected chi connectivity index (χ3v) is 4.80. The van der Waals surface area contributed by atoms with Crippen LogP contribution in [0.25, 0.3) is 11.0 Å². The first kappa shape index (κ1) is 15.6. The minimum absolute atomic E-state index is 0.131. The summed E-state index contributed by atoms with van der Waals surface area (Å²) in [7, 11) is 2.09. The number of benzene rings is 2. The normalized spacial score (nSPS) is 13.2. The van der Waals surface area contributed by atoms with Crippen molar-refractivity contribution in [3.05, 3.63) is 58.9 Å². The first-order chi connectivity index (χ1) is 12.0. The van der Waals surface area contributed by atoms with E-state index in [4.69, 9.17) is 0 Å². The van der Waals surface area contributed by atoms with Crippen LogP contribution in [0.15, 0.2) is 36.4 Å². The van der Waals surface area contributed by atoms with E-state index < -0.39 is 0 Å². The molecule has 25 heavy (non-hydrogen) atoms. The zero-order valence-corrected chi connectivity index (χ0v) is 14.6. The predicted molar refractivity (Wildman–Crippen MR) is 100 cm³/mol. The lowest BCUT2D eigenvalue weighted by molar-refractivity contribution is 0.102. The molecule has 0 fully saturated rings. The van der Waals surface area contributed by atoms with Crippen molar-refractivity contribution < 1.29 is 4.79 Å². The van der Waals surface area contributed by atoms with E-state index in [1.54, 1.807) is 12.1 Å². The average Bonchev–Trinajstić information content (AvgIpc) is 2.96. The molecule has 5 nitrogen and oxygen atoms in total. The Kier molecular flexibility index (Phi) is 3.64. The molecule has 0 unspecified atom stereocenters. The van der Waals surface area contributed by atoms with Gasteiger partial charge in [0.15, 0.2) is 0 Å². The maximum absolute atomic E-state index is 12.6. The molecule has 0 saturated heterocycles. The summed E-state index contributed by atoms with van der Waals surface area (Å²) in [5.41, 5.74) is 7.26. The van der Waals surface area contributed by atoms with E-state index in [0.717, 1.165) is 41.1 Å². The summed E-state index contributed by atoms with van der Waals surface area (Å²) in [6, 6.07) is 11.5. The molecule has 0 radical (unpaired) electrons. The SMILES string of the molecule is Cc1nc2ccc(C(=O)Nc3ccc4c(c3)CCN4C)cc2nc1C. The number of likely N-dealkylation sites (N-methyl/N-ethyl adjacent to an activating group) is 1. The van der Waals surface area contributed by atoms with E-state index in [2.05, 4.69) is 39.4 Å². The number of nitrogens with one attached hydrogen (secondary N) is 1. The highest BCUT2D eigenvalue weighted by Crippen LogP contribution is 2.29. The number of anilines is 2. The van der Waals surface area contributed by atoms with Crippen LogP contribution in [0, 0.1) is 13.8 Å². The van der Waals surface area contributed by atoms with E-state index in [0.29, 0.717) is 5.56 Å². The van der Waals surface area contributed by atoms with Gasteiger partial charge in [0, 0.05) is 30.5 Å². The maximum atomic E-state index is 12.6.